The van der Waals surface area contributed by atoms with E-state index in [1.165, 1.54) is 0 Å². The van der Waals surface area contributed by atoms with Crippen molar-refractivity contribution in [1.29, 1.82) is 0 Å². The van der Waals surface area contributed by atoms with Gasteiger partial charge in [0.05, 0.1) is 5.97 Å². The number of hydrogen-bond acceptors (Lipinski definition) is 2. The number of rotatable bonds is 2. The van der Waals surface area contributed by atoms with Crippen LogP contribution in [0.15, 0.2) is 36.9 Å². The Hall–Kier alpha value is -0.973. The van der Waals surface area contributed by atoms with Gasteiger partial charge in [0.25, 0.3) is 0 Å². The van der Waals surface area contributed by atoms with Gasteiger partial charge in [-0.15, -0.1) is 0 Å². The zero-order valence-electron chi connectivity index (χ0n) is 6.91. The van der Waals surface area contributed by atoms with Crippen LogP contribution >= 0.6 is 0 Å². The summed E-state index contributed by atoms with van der Waals surface area (Å²) in [5.41, 5.74) is 0.609. The second-order valence-electron chi connectivity index (χ2n) is 2.13. The number of carbonyl (C=O) groups is 1. The van der Waals surface area contributed by atoms with Gasteiger partial charge in [-0.2, -0.15) is 0 Å². The van der Waals surface area contributed by atoms with Crippen LogP contribution in [0.4, 0.5) is 0 Å². The minimum atomic E-state index is -1.23. The Kier molecular flexibility index (Phi) is 4.42. The summed E-state index contributed by atoms with van der Waals surface area (Å²) in [6, 6.07) is 8.68. The molecule has 0 heterocycles. The largest absolute Gasteiger partial charge is 1.00 e. The Balaban J connectivity index is 0.00000121. The number of hydrogen-bond donors (Lipinski definition) is 0. The number of carboxylic acid groups (broad SMARTS) is 1. The minimum absolute atomic E-state index is 0. The van der Waals surface area contributed by atoms with E-state index in [-0.39, 0.29) is 24.4 Å². The summed E-state index contributed by atoms with van der Waals surface area (Å²) in [4.78, 5) is 10.3. The molecule has 0 amide bonds. The number of benzene rings is 1. The first-order valence-electron chi connectivity index (χ1n) is 3.17. The van der Waals surface area contributed by atoms with E-state index in [4.69, 9.17) is 0 Å². The fourth-order valence-electron chi connectivity index (χ4n) is 0.757. The van der Waals surface area contributed by atoms with E-state index in [2.05, 4.69) is 6.58 Å². The summed E-state index contributed by atoms with van der Waals surface area (Å²) < 4.78 is 0. The normalized spacial score (nSPS) is 8.33. The van der Waals surface area contributed by atoms with Gasteiger partial charge in [0.1, 0.15) is 0 Å². The molecule has 56 valence electrons. The molecule has 1 aromatic carbocycles. The van der Waals surface area contributed by atoms with Crippen LogP contribution in [0, 0.1) is 0 Å². The molecule has 0 saturated heterocycles. The molecule has 1 rings (SSSR count). The number of carboxylic acids is 1. The summed E-state index contributed by atoms with van der Waals surface area (Å²) in [5, 5.41) is 10.3. The minimum Gasteiger partial charge on any atom is -0.545 e. The first-order chi connectivity index (χ1) is 5.22. The molecule has 0 spiro atoms. The monoisotopic (exact) mass is 154 g/mol. The number of carbonyl (C=O) groups excluding carboxylic acids is 1. The fraction of sp³-hybridized carbons (Fsp3) is 0. The molecule has 0 unspecified atom stereocenters. The molecule has 0 fully saturated rings. The van der Waals surface area contributed by atoms with Gasteiger partial charge in [-0.3, -0.25) is 0 Å². The van der Waals surface area contributed by atoms with Gasteiger partial charge < -0.3 is 9.90 Å². The first-order valence-corrected chi connectivity index (χ1v) is 3.17. The van der Waals surface area contributed by atoms with Gasteiger partial charge in [-0.05, 0) is 11.1 Å². The van der Waals surface area contributed by atoms with Gasteiger partial charge in [0.15, 0.2) is 0 Å². The molecule has 12 heavy (non-hydrogen) atoms. The van der Waals surface area contributed by atoms with E-state index < -0.39 is 5.97 Å². The van der Waals surface area contributed by atoms with Crippen LogP contribution in [-0.4, -0.2) is 5.97 Å². The van der Waals surface area contributed by atoms with E-state index in [1.54, 1.807) is 24.3 Å². The van der Waals surface area contributed by atoms with E-state index >= 15 is 0 Å². The molecule has 0 aliphatic carbocycles. The molecule has 2 nitrogen and oxygen atoms in total. The van der Waals surface area contributed by atoms with Crippen LogP contribution < -0.4 is 24.0 Å². The second-order valence-corrected chi connectivity index (χ2v) is 2.13. The van der Waals surface area contributed by atoms with Gasteiger partial charge >= 0.3 is 18.9 Å². The molecule has 0 atom stereocenters. The Morgan fingerprint density at radius 2 is 1.75 bits per heavy atom. The van der Waals surface area contributed by atoms with Crippen molar-refractivity contribution in [3.63, 3.8) is 0 Å². The molecular weight excluding hydrogens is 147 g/mol. The van der Waals surface area contributed by atoms with E-state index in [0.717, 1.165) is 0 Å². The van der Waals surface area contributed by atoms with Gasteiger partial charge in [0.2, 0.25) is 0 Å². The maximum absolute atomic E-state index is 10.3. The third-order valence-electron chi connectivity index (χ3n) is 1.37. The molecule has 0 bridgehead atoms. The zero-order chi connectivity index (χ0) is 8.27. The average Bonchev–Trinajstić information content (AvgIpc) is 2.05. The van der Waals surface area contributed by atoms with Crippen molar-refractivity contribution in [2.45, 2.75) is 0 Å². The predicted molar refractivity (Wildman–Crippen MR) is 40.5 cm³/mol. The Morgan fingerprint density at radius 3 is 2.17 bits per heavy atom. The predicted octanol–water partition coefficient (Wildman–Crippen LogP) is -2.55. The summed E-state index contributed by atoms with van der Waals surface area (Å²) in [6.45, 7) is 3.36. The topological polar surface area (TPSA) is 40.1 Å². The van der Waals surface area contributed by atoms with Crippen molar-refractivity contribution in [3.8, 4) is 0 Å². The standard InChI is InChI=1S/C9H8O2.Li/c1-7(9(10)11)8-5-3-2-4-6-8;/h2-6H,1H2,(H,10,11);/q;+1/p-1. The first kappa shape index (κ1) is 11.0. The van der Waals surface area contributed by atoms with Gasteiger partial charge in [0, 0.05) is 0 Å². The third kappa shape index (κ3) is 2.58. The maximum atomic E-state index is 10.3. The average molecular weight is 154 g/mol. The van der Waals surface area contributed by atoms with Crippen LogP contribution in [0.25, 0.3) is 5.57 Å². The Labute approximate surface area is 83.1 Å². The van der Waals surface area contributed by atoms with Crippen LogP contribution in [-0.2, 0) is 4.79 Å². The van der Waals surface area contributed by atoms with Crippen LogP contribution in [0.5, 0.6) is 0 Å². The summed E-state index contributed by atoms with van der Waals surface area (Å²) in [6.07, 6.45) is 0. The van der Waals surface area contributed by atoms with Crippen LogP contribution in [0.3, 0.4) is 0 Å². The maximum Gasteiger partial charge on any atom is 1.00 e. The molecule has 1 aromatic rings. The molecule has 0 saturated carbocycles. The zero-order valence-corrected chi connectivity index (χ0v) is 6.91. The third-order valence-corrected chi connectivity index (χ3v) is 1.37. The summed E-state index contributed by atoms with van der Waals surface area (Å²) >= 11 is 0. The SMILES string of the molecule is C=C(C(=O)[O-])c1ccccc1.[Li+]. The van der Waals surface area contributed by atoms with Crippen molar-refractivity contribution in [2.24, 2.45) is 0 Å². The van der Waals surface area contributed by atoms with Crippen molar-refractivity contribution in [1.82, 2.24) is 0 Å². The quantitative estimate of drug-likeness (QED) is 0.347. The van der Waals surface area contributed by atoms with E-state index in [1.807, 2.05) is 6.07 Å². The second kappa shape index (κ2) is 4.82. The fourth-order valence-corrected chi connectivity index (χ4v) is 0.757. The molecule has 0 N–H and O–H groups in total. The molecular formula is C9H7LiO2. The van der Waals surface area contributed by atoms with Crippen molar-refractivity contribution in [3.05, 3.63) is 42.5 Å². The van der Waals surface area contributed by atoms with E-state index in [0.29, 0.717) is 5.56 Å². The molecule has 0 radical (unpaired) electrons. The van der Waals surface area contributed by atoms with Crippen LogP contribution in [0.1, 0.15) is 5.56 Å². The summed E-state index contributed by atoms with van der Waals surface area (Å²) in [7, 11) is 0. The van der Waals surface area contributed by atoms with Crippen molar-refractivity contribution < 1.29 is 28.8 Å². The van der Waals surface area contributed by atoms with Crippen LogP contribution in [0.2, 0.25) is 0 Å². The van der Waals surface area contributed by atoms with Gasteiger partial charge in [-0.1, -0.05) is 36.9 Å². The van der Waals surface area contributed by atoms with E-state index in [9.17, 15) is 9.90 Å². The molecule has 0 aromatic heterocycles. The summed E-state index contributed by atoms with van der Waals surface area (Å²) in [5.74, 6) is -1.23. The van der Waals surface area contributed by atoms with Crippen molar-refractivity contribution in [2.75, 3.05) is 0 Å². The number of aliphatic carboxylic acids is 1. The molecule has 0 aliphatic heterocycles. The molecule has 3 heteroatoms. The smallest absolute Gasteiger partial charge is 0.545 e. The Morgan fingerprint density at radius 1 is 1.25 bits per heavy atom. The molecule has 0 aliphatic rings. The Bertz CT molecular complexity index is 280. The van der Waals surface area contributed by atoms with Gasteiger partial charge in [-0.25, -0.2) is 0 Å². The van der Waals surface area contributed by atoms with Crippen molar-refractivity contribution >= 4 is 11.5 Å².